The molecule has 2 aromatic rings. The van der Waals surface area contributed by atoms with Crippen molar-refractivity contribution in [2.75, 3.05) is 6.54 Å². The van der Waals surface area contributed by atoms with Crippen LogP contribution < -0.4 is 5.32 Å². The van der Waals surface area contributed by atoms with Gasteiger partial charge in [0, 0.05) is 35.0 Å². The van der Waals surface area contributed by atoms with Gasteiger partial charge in [-0.05, 0) is 24.5 Å². The predicted molar refractivity (Wildman–Crippen MR) is 68.8 cm³/mol. The number of aromatic amines is 1. The Labute approximate surface area is 105 Å². The Morgan fingerprint density at radius 2 is 2.17 bits per heavy atom. The Balaban J connectivity index is 1.95. The van der Waals surface area contributed by atoms with Crippen LogP contribution in [0.2, 0.25) is 0 Å². The van der Waals surface area contributed by atoms with Gasteiger partial charge in [-0.15, -0.1) is 0 Å². The minimum Gasteiger partial charge on any atom is -0.494 e. The van der Waals surface area contributed by atoms with Gasteiger partial charge in [0.2, 0.25) is 0 Å². The van der Waals surface area contributed by atoms with Crippen LogP contribution in [0.4, 0.5) is 0 Å². The van der Waals surface area contributed by atoms with Crippen LogP contribution in [0.3, 0.4) is 0 Å². The summed E-state index contributed by atoms with van der Waals surface area (Å²) in [5.41, 5.74) is 3.27. The van der Waals surface area contributed by atoms with E-state index in [1.165, 1.54) is 5.56 Å². The first kappa shape index (κ1) is 10.4. The van der Waals surface area contributed by atoms with Crippen molar-refractivity contribution in [3.63, 3.8) is 0 Å². The third-order valence-corrected chi connectivity index (χ3v) is 4.39. The molecule has 18 heavy (non-hydrogen) atoms. The van der Waals surface area contributed by atoms with Gasteiger partial charge in [0.05, 0.1) is 6.10 Å². The van der Waals surface area contributed by atoms with Crippen LogP contribution in [-0.2, 0) is 6.42 Å². The van der Waals surface area contributed by atoms with Crippen LogP contribution in [0.15, 0.2) is 18.2 Å². The topological polar surface area (TPSA) is 68.3 Å². The zero-order valence-electron chi connectivity index (χ0n) is 9.98. The molecule has 4 heteroatoms. The van der Waals surface area contributed by atoms with Crippen LogP contribution in [-0.4, -0.2) is 33.9 Å². The standard InChI is InChI=1S/C14H16N2O2/c17-7-4-9-8-2-1-3-11-13(8)10(14(18)16-11)5-12(9)15-6-7/h1-3,7,9,12,15-18H,4-6H2/t7?,9-,12-/m1/s1. The molecule has 2 heterocycles. The Morgan fingerprint density at radius 1 is 1.28 bits per heavy atom. The summed E-state index contributed by atoms with van der Waals surface area (Å²) >= 11 is 0. The summed E-state index contributed by atoms with van der Waals surface area (Å²) in [6.07, 6.45) is 1.37. The van der Waals surface area contributed by atoms with Gasteiger partial charge >= 0.3 is 0 Å². The molecule has 1 aromatic carbocycles. The first-order valence-electron chi connectivity index (χ1n) is 6.48. The molecule has 3 atom stereocenters. The van der Waals surface area contributed by atoms with Crippen molar-refractivity contribution in [2.24, 2.45) is 0 Å². The maximum atomic E-state index is 10.0. The van der Waals surface area contributed by atoms with Gasteiger partial charge in [0.1, 0.15) is 0 Å². The van der Waals surface area contributed by atoms with Crippen LogP contribution in [0.25, 0.3) is 10.9 Å². The summed E-state index contributed by atoms with van der Waals surface area (Å²) in [6.45, 7) is 0.650. The molecule has 0 bridgehead atoms. The molecule has 2 aliphatic rings. The highest BCUT2D eigenvalue weighted by Crippen LogP contribution is 2.43. The van der Waals surface area contributed by atoms with Gasteiger partial charge in [-0.1, -0.05) is 12.1 Å². The highest BCUT2D eigenvalue weighted by molar-refractivity contribution is 5.90. The third kappa shape index (κ3) is 1.27. The van der Waals surface area contributed by atoms with Crippen molar-refractivity contribution < 1.29 is 10.2 Å². The van der Waals surface area contributed by atoms with Crippen molar-refractivity contribution in [1.82, 2.24) is 10.3 Å². The number of benzene rings is 1. The zero-order valence-corrected chi connectivity index (χ0v) is 9.98. The Bertz CT molecular complexity index is 620. The molecule has 1 fully saturated rings. The summed E-state index contributed by atoms with van der Waals surface area (Å²) < 4.78 is 0. The number of rotatable bonds is 0. The SMILES string of the molecule is Oc1[nH]c2cccc3c2c1C[C@H]1NCC(O)C[C@H]31. The molecule has 1 aliphatic carbocycles. The van der Waals surface area contributed by atoms with Crippen LogP contribution >= 0.6 is 0 Å². The molecule has 0 saturated carbocycles. The van der Waals surface area contributed by atoms with Gasteiger partial charge in [0.15, 0.2) is 5.88 Å². The quantitative estimate of drug-likeness (QED) is 0.563. The maximum absolute atomic E-state index is 10.0. The second-order valence-electron chi connectivity index (χ2n) is 5.44. The number of hydrogen-bond acceptors (Lipinski definition) is 3. The molecule has 1 saturated heterocycles. The van der Waals surface area contributed by atoms with E-state index in [9.17, 15) is 10.2 Å². The van der Waals surface area contributed by atoms with E-state index in [1.807, 2.05) is 12.1 Å². The van der Waals surface area contributed by atoms with E-state index in [0.29, 0.717) is 24.4 Å². The highest BCUT2D eigenvalue weighted by Gasteiger charge is 2.36. The monoisotopic (exact) mass is 244 g/mol. The number of nitrogens with one attached hydrogen (secondary N) is 2. The average molecular weight is 244 g/mol. The van der Waals surface area contributed by atoms with Crippen LogP contribution in [0.5, 0.6) is 5.88 Å². The Morgan fingerprint density at radius 3 is 3.06 bits per heavy atom. The van der Waals surface area contributed by atoms with Crippen molar-refractivity contribution in [1.29, 1.82) is 0 Å². The minimum absolute atomic E-state index is 0.268. The van der Waals surface area contributed by atoms with E-state index in [1.54, 1.807) is 0 Å². The maximum Gasteiger partial charge on any atom is 0.192 e. The molecule has 4 nitrogen and oxygen atoms in total. The van der Waals surface area contributed by atoms with Crippen molar-refractivity contribution in [3.05, 3.63) is 29.3 Å². The average Bonchev–Trinajstić information content (AvgIpc) is 2.69. The van der Waals surface area contributed by atoms with Gasteiger partial charge in [-0.25, -0.2) is 0 Å². The molecule has 1 unspecified atom stereocenters. The van der Waals surface area contributed by atoms with Crippen LogP contribution in [0.1, 0.15) is 23.5 Å². The van der Waals surface area contributed by atoms with Gasteiger partial charge < -0.3 is 20.5 Å². The number of hydrogen-bond donors (Lipinski definition) is 4. The Hall–Kier alpha value is -1.52. The number of aliphatic hydroxyl groups excluding tert-OH is 1. The van der Waals surface area contributed by atoms with E-state index >= 15 is 0 Å². The van der Waals surface area contributed by atoms with E-state index < -0.39 is 0 Å². The summed E-state index contributed by atoms with van der Waals surface area (Å²) in [7, 11) is 0. The molecule has 0 amide bonds. The van der Waals surface area contributed by atoms with E-state index in [4.69, 9.17) is 0 Å². The van der Waals surface area contributed by atoms with E-state index in [0.717, 1.165) is 29.3 Å². The molecular formula is C14H16N2O2. The smallest absolute Gasteiger partial charge is 0.192 e. The second-order valence-corrected chi connectivity index (χ2v) is 5.44. The second kappa shape index (κ2) is 3.49. The number of fused-ring (bicyclic) bond motifs is 2. The molecule has 0 spiro atoms. The summed E-state index contributed by atoms with van der Waals surface area (Å²) in [5, 5.41) is 24.4. The molecule has 1 aliphatic heterocycles. The minimum atomic E-state index is -0.268. The van der Waals surface area contributed by atoms with Crippen molar-refractivity contribution in [3.8, 4) is 5.88 Å². The lowest BCUT2D eigenvalue weighted by atomic mass is 9.75. The fourth-order valence-electron chi connectivity index (χ4n) is 3.59. The molecule has 0 radical (unpaired) electrons. The lowest BCUT2D eigenvalue weighted by molar-refractivity contribution is 0.112. The van der Waals surface area contributed by atoms with Gasteiger partial charge in [-0.2, -0.15) is 0 Å². The zero-order chi connectivity index (χ0) is 12.3. The Kier molecular flexibility index (Phi) is 2.02. The molecule has 1 aromatic heterocycles. The van der Waals surface area contributed by atoms with Crippen molar-refractivity contribution >= 4 is 10.9 Å². The van der Waals surface area contributed by atoms with E-state index in [-0.39, 0.29) is 6.10 Å². The summed E-state index contributed by atoms with van der Waals surface area (Å²) in [4.78, 5) is 3.04. The largest absolute Gasteiger partial charge is 0.494 e. The number of H-pyrrole nitrogens is 1. The number of aliphatic hydroxyl groups is 1. The first-order valence-corrected chi connectivity index (χ1v) is 6.48. The predicted octanol–water partition coefficient (Wildman–Crippen LogP) is 1.24. The lowest BCUT2D eigenvalue weighted by Gasteiger charge is -2.38. The molecular weight excluding hydrogens is 228 g/mol. The number of piperidine rings is 1. The number of aromatic nitrogens is 1. The fourth-order valence-corrected chi connectivity index (χ4v) is 3.59. The summed E-state index contributed by atoms with van der Waals surface area (Å²) in [5.74, 6) is 0.643. The van der Waals surface area contributed by atoms with E-state index in [2.05, 4.69) is 16.4 Å². The number of aromatic hydroxyl groups is 1. The van der Waals surface area contributed by atoms with Crippen LogP contribution in [0, 0.1) is 0 Å². The molecule has 4 N–H and O–H groups in total. The lowest BCUT2D eigenvalue weighted by Crippen LogP contribution is -2.48. The molecule has 94 valence electrons. The fraction of sp³-hybridized carbons (Fsp3) is 0.429. The highest BCUT2D eigenvalue weighted by atomic mass is 16.3. The first-order chi connectivity index (χ1) is 8.74. The van der Waals surface area contributed by atoms with Crippen molar-refractivity contribution in [2.45, 2.75) is 30.9 Å². The van der Waals surface area contributed by atoms with Gasteiger partial charge in [-0.3, -0.25) is 0 Å². The normalized spacial score (nSPS) is 30.4. The summed E-state index contributed by atoms with van der Waals surface area (Å²) in [6, 6.07) is 6.46. The third-order valence-electron chi connectivity index (χ3n) is 4.39. The van der Waals surface area contributed by atoms with Gasteiger partial charge in [0.25, 0.3) is 0 Å². The number of β-amino-alcohol motifs (C(OH)–C–C–N with tert-alkyl or cyclic N) is 1. The molecule has 4 rings (SSSR count).